The van der Waals surface area contributed by atoms with Gasteiger partial charge in [0.15, 0.2) is 0 Å². The molecule has 0 aliphatic heterocycles. The molecule has 0 saturated heterocycles. The molecular formula is C12H22N2O3S. The van der Waals surface area contributed by atoms with Gasteiger partial charge in [0, 0.05) is 25.7 Å². The monoisotopic (exact) mass is 274 g/mol. The smallest absolute Gasteiger partial charge is 0.246 e. The molecule has 104 valence electrons. The Bertz CT molecular complexity index is 506. The van der Waals surface area contributed by atoms with Crippen molar-refractivity contribution < 1.29 is 12.8 Å². The minimum atomic E-state index is -3.50. The van der Waals surface area contributed by atoms with Crippen molar-refractivity contribution in [2.45, 2.75) is 45.1 Å². The standard InChI is InChI=1S/C12H22N2O3S/c1-5-6-7-14(4)18(15,16)12-10(3)17-9(2)11(12)8-13/h5-8,13H2,1-4H3. The number of hydrogen-bond donors (Lipinski definition) is 1. The number of unbranched alkanes of at least 4 members (excludes halogenated alkanes) is 1. The summed E-state index contributed by atoms with van der Waals surface area (Å²) in [6.07, 6.45) is 1.79. The van der Waals surface area contributed by atoms with E-state index in [0.29, 0.717) is 23.6 Å². The highest BCUT2D eigenvalue weighted by Gasteiger charge is 2.29. The van der Waals surface area contributed by atoms with Crippen molar-refractivity contribution in [2.24, 2.45) is 5.73 Å². The third kappa shape index (κ3) is 2.76. The van der Waals surface area contributed by atoms with Gasteiger partial charge in [-0.3, -0.25) is 0 Å². The first-order valence-corrected chi connectivity index (χ1v) is 7.55. The van der Waals surface area contributed by atoms with Crippen LogP contribution in [-0.4, -0.2) is 26.3 Å². The fourth-order valence-electron chi connectivity index (χ4n) is 1.94. The van der Waals surface area contributed by atoms with E-state index in [0.717, 1.165) is 12.8 Å². The summed E-state index contributed by atoms with van der Waals surface area (Å²) >= 11 is 0. The Balaban J connectivity index is 3.20. The van der Waals surface area contributed by atoms with Crippen LogP contribution in [0.1, 0.15) is 36.8 Å². The highest BCUT2D eigenvalue weighted by molar-refractivity contribution is 7.89. The first-order valence-electron chi connectivity index (χ1n) is 6.11. The molecule has 0 saturated carbocycles. The summed E-state index contributed by atoms with van der Waals surface area (Å²) in [5, 5.41) is 0. The number of nitrogens with two attached hydrogens (primary N) is 1. The highest BCUT2D eigenvalue weighted by atomic mass is 32.2. The van der Waals surface area contributed by atoms with E-state index in [2.05, 4.69) is 0 Å². The quantitative estimate of drug-likeness (QED) is 0.857. The maximum absolute atomic E-state index is 12.5. The zero-order valence-electron chi connectivity index (χ0n) is 11.5. The summed E-state index contributed by atoms with van der Waals surface area (Å²) in [6.45, 7) is 6.10. The van der Waals surface area contributed by atoms with E-state index in [-0.39, 0.29) is 11.4 Å². The largest absolute Gasteiger partial charge is 0.465 e. The molecule has 0 atom stereocenters. The molecule has 0 aliphatic rings. The van der Waals surface area contributed by atoms with Gasteiger partial charge in [0.05, 0.1) is 0 Å². The lowest BCUT2D eigenvalue weighted by Crippen LogP contribution is -2.29. The van der Waals surface area contributed by atoms with E-state index in [9.17, 15) is 8.42 Å². The van der Waals surface area contributed by atoms with Gasteiger partial charge in [0.25, 0.3) is 0 Å². The first kappa shape index (κ1) is 15.2. The van der Waals surface area contributed by atoms with Gasteiger partial charge in [0.2, 0.25) is 10.0 Å². The Morgan fingerprint density at radius 2 is 1.89 bits per heavy atom. The molecule has 6 heteroatoms. The van der Waals surface area contributed by atoms with Gasteiger partial charge in [-0.1, -0.05) is 13.3 Å². The summed E-state index contributed by atoms with van der Waals surface area (Å²) in [7, 11) is -1.91. The second kappa shape index (κ2) is 5.86. The molecule has 5 nitrogen and oxygen atoms in total. The fourth-order valence-corrected chi connectivity index (χ4v) is 3.56. The van der Waals surface area contributed by atoms with E-state index in [4.69, 9.17) is 10.2 Å². The normalized spacial score (nSPS) is 12.3. The van der Waals surface area contributed by atoms with Crippen molar-refractivity contribution in [2.75, 3.05) is 13.6 Å². The molecule has 0 aliphatic carbocycles. The number of furan rings is 1. The molecule has 0 radical (unpaired) electrons. The van der Waals surface area contributed by atoms with Crippen LogP contribution in [0.15, 0.2) is 9.31 Å². The van der Waals surface area contributed by atoms with E-state index in [1.54, 1.807) is 20.9 Å². The van der Waals surface area contributed by atoms with Crippen LogP contribution in [-0.2, 0) is 16.6 Å². The van der Waals surface area contributed by atoms with E-state index >= 15 is 0 Å². The number of hydrogen-bond acceptors (Lipinski definition) is 4. The Kier molecular flexibility index (Phi) is 4.95. The number of nitrogens with zero attached hydrogens (tertiary/aromatic N) is 1. The van der Waals surface area contributed by atoms with E-state index < -0.39 is 10.0 Å². The van der Waals surface area contributed by atoms with Gasteiger partial charge < -0.3 is 10.2 Å². The summed E-state index contributed by atoms with van der Waals surface area (Å²) in [5.74, 6) is 0.994. The summed E-state index contributed by atoms with van der Waals surface area (Å²) in [6, 6.07) is 0. The molecule has 1 aromatic rings. The summed E-state index contributed by atoms with van der Waals surface area (Å²) in [4.78, 5) is 0.237. The van der Waals surface area contributed by atoms with Crippen LogP contribution >= 0.6 is 0 Å². The molecule has 2 N–H and O–H groups in total. The van der Waals surface area contributed by atoms with Gasteiger partial charge in [-0.25, -0.2) is 12.7 Å². The fraction of sp³-hybridized carbons (Fsp3) is 0.667. The van der Waals surface area contributed by atoms with Gasteiger partial charge in [-0.05, 0) is 20.3 Å². The number of aryl methyl sites for hydroxylation is 2. The molecule has 0 aromatic carbocycles. The number of sulfonamides is 1. The molecule has 0 spiro atoms. The third-order valence-electron chi connectivity index (χ3n) is 3.02. The predicted octanol–water partition coefficient (Wildman–Crippen LogP) is 1.78. The Morgan fingerprint density at radius 1 is 1.28 bits per heavy atom. The van der Waals surface area contributed by atoms with Crippen molar-refractivity contribution in [1.82, 2.24) is 4.31 Å². The lowest BCUT2D eigenvalue weighted by Gasteiger charge is -2.17. The zero-order valence-corrected chi connectivity index (χ0v) is 12.3. The van der Waals surface area contributed by atoms with Crippen molar-refractivity contribution in [3.8, 4) is 0 Å². The lowest BCUT2D eigenvalue weighted by molar-refractivity contribution is 0.453. The average molecular weight is 274 g/mol. The van der Waals surface area contributed by atoms with Crippen LogP contribution in [0.3, 0.4) is 0 Å². The van der Waals surface area contributed by atoms with Crippen LogP contribution in [0.25, 0.3) is 0 Å². The molecule has 1 aromatic heterocycles. The second-order valence-corrected chi connectivity index (χ2v) is 6.39. The second-order valence-electron chi connectivity index (χ2n) is 4.41. The van der Waals surface area contributed by atoms with Crippen molar-refractivity contribution in [3.05, 3.63) is 17.1 Å². The average Bonchev–Trinajstić information content (AvgIpc) is 2.60. The number of rotatable bonds is 6. The van der Waals surface area contributed by atoms with Crippen LogP contribution in [0.2, 0.25) is 0 Å². The minimum Gasteiger partial charge on any atom is -0.465 e. The molecule has 0 amide bonds. The molecule has 0 fully saturated rings. The van der Waals surface area contributed by atoms with Gasteiger partial charge >= 0.3 is 0 Å². The Morgan fingerprint density at radius 3 is 2.39 bits per heavy atom. The highest BCUT2D eigenvalue weighted by Crippen LogP contribution is 2.28. The van der Waals surface area contributed by atoms with Crippen molar-refractivity contribution >= 4 is 10.0 Å². The maximum atomic E-state index is 12.5. The molecule has 0 bridgehead atoms. The van der Waals surface area contributed by atoms with Crippen molar-refractivity contribution in [1.29, 1.82) is 0 Å². The first-order chi connectivity index (χ1) is 8.36. The van der Waals surface area contributed by atoms with E-state index in [1.807, 2.05) is 6.92 Å². The maximum Gasteiger partial charge on any atom is 0.246 e. The summed E-state index contributed by atoms with van der Waals surface area (Å²) < 4.78 is 31.7. The van der Waals surface area contributed by atoms with Crippen LogP contribution in [0.4, 0.5) is 0 Å². The van der Waals surface area contributed by atoms with Gasteiger partial charge in [-0.2, -0.15) is 0 Å². The molecule has 18 heavy (non-hydrogen) atoms. The molecule has 1 rings (SSSR count). The minimum absolute atomic E-state index is 0.166. The Hall–Kier alpha value is -0.850. The SMILES string of the molecule is CCCCN(C)S(=O)(=O)c1c(C)oc(C)c1CN. The Labute approximate surface area is 109 Å². The molecule has 1 heterocycles. The van der Waals surface area contributed by atoms with Crippen LogP contribution in [0, 0.1) is 13.8 Å². The van der Waals surface area contributed by atoms with Gasteiger partial charge in [-0.15, -0.1) is 0 Å². The molecule has 0 unspecified atom stereocenters. The molecular weight excluding hydrogens is 252 g/mol. The predicted molar refractivity (Wildman–Crippen MR) is 70.8 cm³/mol. The lowest BCUT2D eigenvalue weighted by atomic mass is 10.2. The van der Waals surface area contributed by atoms with Crippen LogP contribution < -0.4 is 5.73 Å². The zero-order chi connectivity index (χ0) is 13.9. The van der Waals surface area contributed by atoms with Crippen molar-refractivity contribution in [3.63, 3.8) is 0 Å². The third-order valence-corrected chi connectivity index (χ3v) is 5.08. The van der Waals surface area contributed by atoms with Crippen LogP contribution in [0.5, 0.6) is 0 Å². The topological polar surface area (TPSA) is 76.5 Å². The van der Waals surface area contributed by atoms with E-state index in [1.165, 1.54) is 4.31 Å². The summed E-state index contributed by atoms with van der Waals surface area (Å²) in [5.41, 5.74) is 6.20. The van der Waals surface area contributed by atoms with Gasteiger partial charge in [0.1, 0.15) is 16.4 Å².